The van der Waals surface area contributed by atoms with Crippen LogP contribution in [0.15, 0.2) is 30.6 Å². The largest absolute Gasteiger partial charge is 0.506 e. The summed E-state index contributed by atoms with van der Waals surface area (Å²) in [6.45, 7) is 0. The predicted octanol–water partition coefficient (Wildman–Crippen LogP) is 0.671. The van der Waals surface area contributed by atoms with Crippen LogP contribution >= 0.6 is 0 Å². The van der Waals surface area contributed by atoms with Gasteiger partial charge in [-0.05, 0) is 12.1 Å². The van der Waals surface area contributed by atoms with Crippen molar-refractivity contribution in [2.45, 2.75) is 0 Å². The Bertz CT molecular complexity index is 493. The lowest BCUT2D eigenvalue weighted by molar-refractivity contribution is 0.0696. The molecule has 2 N–H and O–H groups in total. The molecule has 0 saturated carbocycles. The third-order valence-corrected chi connectivity index (χ3v) is 1.90. The minimum Gasteiger partial charge on any atom is -0.506 e. The van der Waals surface area contributed by atoms with Crippen LogP contribution in [0.4, 0.5) is 0 Å². The molecule has 0 amide bonds. The fourth-order valence-electron chi connectivity index (χ4n) is 1.27. The first-order valence-corrected chi connectivity index (χ1v) is 4.12. The molecular weight excluding hydrogens is 198 g/mol. The van der Waals surface area contributed by atoms with Crippen molar-refractivity contribution in [2.75, 3.05) is 0 Å². The van der Waals surface area contributed by atoms with Gasteiger partial charge in [0.15, 0.2) is 0 Å². The highest BCUT2D eigenvalue weighted by atomic mass is 16.4. The Hall–Kier alpha value is -2.37. The van der Waals surface area contributed by atoms with Crippen LogP contribution in [-0.4, -0.2) is 31.2 Å². The molecule has 0 radical (unpaired) electrons. The topological polar surface area (TPSA) is 88.2 Å². The SMILES string of the molecule is O=C(O)c1cccc(O)c1-n1ccnn1. The fraction of sp³-hybridized carbons (Fsp3) is 0. The van der Waals surface area contributed by atoms with Crippen LogP contribution in [-0.2, 0) is 0 Å². The van der Waals surface area contributed by atoms with Gasteiger partial charge in [0.1, 0.15) is 11.4 Å². The summed E-state index contributed by atoms with van der Waals surface area (Å²) in [5, 5.41) is 25.7. The van der Waals surface area contributed by atoms with E-state index in [4.69, 9.17) is 5.11 Å². The fourth-order valence-corrected chi connectivity index (χ4v) is 1.27. The van der Waals surface area contributed by atoms with Gasteiger partial charge in [0.05, 0.1) is 18.0 Å². The van der Waals surface area contributed by atoms with Gasteiger partial charge in [-0.3, -0.25) is 0 Å². The van der Waals surface area contributed by atoms with Gasteiger partial charge in [-0.2, -0.15) is 0 Å². The van der Waals surface area contributed by atoms with E-state index in [1.807, 2.05) is 0 Å². The number of carbonyl (C=O) groups is 1. The van der Waals surface area contributed by atoms with Crippen molar-refractivity contribution in [1.29, 1.82) is 0 Å². The number of nitrogens with zero attached hydrogens (tertiary/aromatic N) is 3. The van der Waals surface area contributed by atoms with Crippen molar-refractivity contribution in [1.82, 2.24) is 15.0 Å². The molecule has 0 unspecified atom stereocenters. The second-order valence-electron chi connectivity index (χ2n) is 2.83. The molecule has 2 rings (SSSR count). The quantitative estimate of drug-likeness (QED) is 0.752. The highest BCUT2D eigenvalue weighted by molar-refractivity contribution is 5.93. The molecule has 0 atom stereocenters. The maximum absolute atomic E-state index is 10.9. The van der Waals surface area contributed by atoms with Gasteiger partial charge in [-0.1, -0.05) is 11.3 Å². The molecule has 0 aliphatic heterocycles. The zero-order chi connectivity index (χ0) is 10.8. The summed E-state index contributed by atoms with van der Waals surface area (Å²) in [6.07, 6.45) is 2.86. The number of phenols is 1. The number of carboxylic acids is 1. The van der Waals surface area contributed by atoms with Crippen LogP contribution in [0.1, 0.15) is 10.4 Å². The van der Waals surface area contributed by atoms with Crippen molar-refractivity contribution in [3.63, 3.8) is 0 Å². The standard InChI is InChI=1S/C9H7N3O3/c13-7-3-1-2-6(9(14)15)8(7)12-5-4-10-11-12/h1-5,13H,(H,14,15). The third-order valence-electron chi connectivity index (χ3n) is 1.90. The van der Waals surface area contributed by atoms with E-state index in [1.165, 1.54) is 35.3 Å². The Balaban J connectivity index is 2.68. The number of hydrogen-bond donors (Lipinski definition) is 2. The van der Waals surface area contributed by atoms with E-state index in [1.54, 1.807) is 0 Å². The normalized spacial score (nSPS) is 10.1. The lowest BCUT2D eigenvalue weighted by Crippen LogP contribution is -2.06. The summed E-state index contributed by atoms with van der Waals surface area (Å²) in [6, 6.07) is 4.24. The van der Waals surface area contributed by atoms with Crippen LogP contribution in [0.3, 0.4) is 0 Å². The van der Waals surface area contributed by atoms with Gasteiger partial charge in [0.2, 0.25) is 0 Å². The first-order valence-electron chi connectivity index (χ1n) is 4.12. The molecule has 0 aliphatic rings. The molecule has 76 valence electrons. The maximum atomic E-state index is 10.9. The van der Waals surface area contributed by atoms with Gasteiger partial charge in [-0.15, -0.1) is 5.10 Å². The van der Waals surface area contributed by atoms with Gasteiger partial charge in [-0.25, -0.2) is 9.48 Å². The van der Waals surface area contributed by atoms with Crippen molar-refractivity contribution in [3.05, 3.63) is 36.2 Å². The lowest BCUT2D eigenvalue weighted by atomic mass is 10.1. The molecule has 0 saturated heterocycles. The summed E-state index contributed by atoms with van der Waals surface area (Å²) < 4.78 is 1.21. The van der Waals surface area contributed by atoms with Crippen molar-refractivity contribution < 1.29 is 15.0 Å². The number of para-hydroxylation sites is 1. The number of aromatic nitrogens is 3. The van der Waals surface area contributed by atoms with Crippen LogP contribution in [0.25, 0.3) is 5.69 Å². The molecule has 6 heteroatoms. The second-order valence-corrected chi connectivity index (χ2v) is 2.83. The number of aromatic carboxylic acids is 1. The summed E-state index contributed by atoms with van der Waals surface area (Å²) in [4.78, 5) is 10.9. The molecule has 1 heterocycles. The molecule has 1 aromatic heterocycles. The Labute approximate surface area is 84.4 Å². The summed E-state index contributed by atoms with van der Waals surface area (Å²) in [7, 11) is 0. The number of aromatic hydroxyl groups is 1. The second kappa shape index (κ2) is 3.41. The summed E-state index contributed by atoms with van der Waals surface area (Å²) in [5.41, 5.74) is 0.0861. The maximum Gasteiger partial charge on any atom is 0.338 e. The van der Waals surface area contributed by atoms with E-state index in [0.29, 0.717) is 0 Å². The highest BCUT2D eigenvalue weighted by Crippen LogP contribution is 2.24. The number of carboxylic acid groups (broad SMARTS) is 1. The Morgan fingerprint density at radius 2 is 2.20 bits per heavy atom. The third kappa shape index (κ3) is 1.52. The predicted molar refractivity (Wildman–Crippen MR) is 50.0 cm³/mol. The molecule has 2 aromatic rings. The number of rotatable bonds is 2. The first kappa shape index (κ1) is 9.20. The van der Waals surface area contributed by atoms with Crippen LogP contribution < -0.4 is 0 Å². The van der Waals surface area contributed by atoms with Crippen LogP contribution in [0.2, 0.25) is 0 Å². The van der Waals surface area contributed by atoms with E-state index in [-0.39, 0.29) is 17.0 Å². The number of phenolic OH excluding ortho intramolecular Hbond substituents is 1. The average Bonchev–Trinajstić information content (AvgIpc) is 2.70. The Morgan fingerprint density at radius 1 is 1.40 bits per heavy atom. The Kier molecular flexibility index (Phi) is 2.09. The number of hydrogen-bond acceptors (Lipinski definition) is 4. The molecule has 0 bridgehead atoms. The van der Waals surface area contributed by atoms with Gasteiger partial charge in [0, 0.05) is 0 Å². The van der Waals surface area contributed by atoms with E-state index in [2.05, 4.69) is 10.3 Å². The van der Waals surface area contributed by atoms with Crippen molar-refractivity contribution in [3.8, 4) is 11.4 Å². The zero-order valence-electron chi connectivity index (χ0n) is 7.53. The minimum atomic E-state index is -1.13. The molecular formula is C9H7N3O3. The minimum absolute atomic E-state index is 0.0273. The van der Waals surface area contributed by atoms with Crippen LogP contribution in [0, 0.1) is 0 Å². The number of benzene rings is 1. The van der Waals surface area contributed by atoms with E-state index >= 15 is 0 Å². The van der Waals surface area contributed by atoms with E-state index in [9.17, 15) is 9.90 Å². The van der Waals surface area contributed by atoms with Gasteiger partial charge in [0.25, 0.3) is 0 Å². The molecule has 6 nitrogen and oxygen atoms in total. The summed E-state index contributed by atoms with van der Waals surface area (Å²) >= 11 is 0. The molecule has 15 heavy (non-hydrogen) atoms. The molecule has 1 aromatic carbocycles. The Morgan fingerprint density at radius 3 is 2.80 bits per heavy atom. The average molecular weight is 205 g/mol. The summed E-state index contributed by atoms with van der Waals surface area (Å²) in [5.74, 6) is -1.28. The zero-order valence-corrected chi connectivity index (χ0v) is 7.53. The smallest absolute Gasteiger partial charge is 0.338 e. The lowest BCUT2D eigenvalue weighted by Gasteiger charge is -2.06. The van der Waals surface area contributed by atoms with Crippen LogP contribution in [0.5, 0.6) is 5.75 Å². The van der Waals surface area contributed by atoms with Gasteiger partial charge < -0.3 is 10.2 Å². The molecule has 0 aliphatic carbocycles. The van der Waals surface area contributed by atoms with E-state index in [0.717, 1.165) is 0 Å². The van der Waals surface area contributed by atoms with Gasteiger partial charge >= 0.3 is 5.97 Å². The first-order chi connectivity index (χ1) is 7.20. The molecule has 0 fully saturated rings. The molecule has 0 spiro atoms. The van der Waals surface area contributed by atoms with Crippen molar-refractivity contribution >= 4 is 5.97 Å². The monoisotopic (exact) mass is 205 g/mol. The van der Waals surface area contributed by atoms with E-state index < -0.39 is 5.97 Å². The van der Waals surface area contributed by atoms with Crippen molar-refractivity contribution in [2.24, 2.45) is 0 Å². The highest BCUT2D eigenvalue weighted by Gasteiger charge is 2.15.